The van der Waals surface area contributed by atoms with Crippen molar-refractivity contribution in [2.24, 2.45) is 5.92 Å². The molecule has 1 fully saturated rings. The van der Waals surface area contributed by atoms with Crippen LogP contribution >= 0.6 is 11.3 Å². The molecule has 0 saturated carbocycles. The van der Waals surface area contributed by atoms with Crippen molar-refractivity contribution in [2.75, 3.05) is 25.1 Å². The molecular weight excluding hydrogens is 264 g/mol. The second kappa shape index (κ2) is 6.86. The summed E-state index contributed by atoms with van der Waals surface area (Å²) in [5.74, 6) is 0.255. The highest BCUT2D eigenvalue weighted by Gasteiger charge is 2.22. The molecule has 1 aliphatic heterocycles. The van der Waals surface area contributed by atoms with Crippen molar-refractivity contribution < 1.29 is 14.3 Å². The van der Waals surface area contributed by atoms with E-state index in [0.717, 1.165) is 30.5 Å². The molecule has 2 heterocycles. The van der Waals surface area contributed by atoms with Crippen molar-refractivity contribution >= 4 is 22.4 Å². The van der Waals surface area contributed by atoms with Gasteiger partial charge in [0.2, 0.25) is 0 Å². The number of anilines is 1. The first kappa shape index (κ1) is 14.3. The predicted molar refractivity (Wildman–Crippen MR) is 74.5 cm³/mol. The van der Waals surface area contributed by atoms with Crippen molar-refractivity contribution in [3.05, 3.63) is 11.1 Å². The monoisotopic (exact) mass is 284 g/mol. The van der Waals surface area contributed by atoms with Gasteiger partial charge in [-0.1, -0.05) is 6.92 Å². The van der Waals surface area contributed by atoms with E-state index in [4.69, 9.17) is 9.47 Å². The maximum absolute atomic E-state index is 11.4. The minimum atomic E-state index is -0.223. The third kappa shape index (κ3) is 4.18. The number of esters is 1. The van der Waals surface area contributed by atoms with Crippen LogP contribution in [0.5, 0.6) is 0 Å². The summed E-state index contributed by atoms with van der Waals surface area (Å²) in [6.45, 7) is 5.97. The average Bonchev–Trinajstić information content (AvgIpc) is 2.80. The van der Waals surface area contributed by atoms with Crippen LogP contribution in [0.3, 0.4) is 0 Å². The Bertz CT molecular complexity index is 422. The summed E-state index contributed by atoms with van der Waals surface area (Å²) in [4.78, 5) is 15.8. The second-order valence-corrected chi connectivity index (χ2v) is 5.58. The van der Waals surface area contributed by atoms with Crippen LogP contribution in [-0.2, 0) is 20.7 Å². The number of carbonyl (C=O) groups is 1. The van der Waals surface area contributed by atoms with Gasteiger partial charge in [-0.15, -0.1) is 11.3 Å². The van der Waals surface area contributed by atoms with Crippen molar-refractivity contribution in [3.8, 4) is 0 Å². The Kier molecular flexibility index (Phi) is 5.15. The van der Waals surface area contributed by atoms with Gasteiger partial charge in [-0.25, -0.2) is 4.98 Å². The first-order chi connectivity index (χ1) is 9.19. The summed E-state index contributed by atoms with van der Waals surface area (Å²) in [5, 5.41) is 6.21. The van der Waals surface area contributed by atoms with Gasteiger partial charge in [0.25, 0.3) is 0 Å². The largest absolute Gasteiger partial charge is 0.466 e. The van der Waals surface area contributed by atoms with Gasteiger partial charge >= 0.3 is 5.97 Å². The molecule has 0 spiro atoms. The standard InChI is InChI=1S/C13H20N2O3S/c1-3-18-12(16)6-10-8-19-13(14-10)15-11-4-5-17-7-9(11)2/h8-9,11H,3-7H2,1-2H3,(H,14,15). The molecule has 2 rings (SSSR count). The zero-order valence-corrected chi connectivity index (χ0v) is 12.2. The highest BCUT2D eigenvalue weighted by Crippen LogP contribution is 2.22. The Morgan fingerprint density at radius 2 is 2.53 bits per heavy atom. The maximum atomic E-state index is 11.4. The van der Waals surface area contributed by atoms with Crippen LogP contribution in [0.25, 0.3) is 0 Å². The minimum Gasteiger partial charge on any atom is -0.466 e. The van der Waals surface area contributed by atoms with Gasteiger partial charge in [0.15, 0.2) is 5.13 Å². The maximum Gasteiger partial charge on any atom is 0.311 e. The summed E-state index contributed by atoms with van der Waals surface area (Å²) in [6.07, 6.45) is 1.24. The van der Waals surface area contributed by atoms with Crippen LogP contribution in [0.15, 0.2) is 5.38 Å². The van der Waals surface area contributed by atoms with Crippen LogP contribution in [0.1, 0.15) is 26.0 Å². The predicted octanol–water partition coefficient (Wildman–Crippen LogP) is 2.09. The fourth-order valence-electron chi connectivity index (χ4n) is 2.07. The lowest BCUT2D eigenvalue weighted by Crippen LogP contribution is -2.35. The van der Waals surface area contributed by atoms with Crippen molar-refractivity contribution in [1.82, 2.24) is 4.98 Å². The number of ether oxygens (including phenoxy) is 2. The summed E-state index contributed by atoms with van der Waals surface area (Å²) in [5.41, 5.74) is 0.769. The molecule has 2 unspecified atom stereocenters. The smallest absolute Gasteiger partial charge is 0.311 e. The molecule has 1 saturated heterocycles. The topological polar surface area (TPSA) is 60.5 Å². The molecule has 106 valence electrons. The van der Waals surface area contributed by atoms with E-state index in [1.165, 1.54) is 11.3 Å². The van der Waals surface area contributed by atoms with E-state index in [9.17, 15) is 4.79 Å². The van der Waals surface area contributed by atoms with Gasteiger partial charge in [0.05, 0.1) is 25.3 Å². The first-order valence-electron chi connectivity index (χ1n) is 6.63. The van der Waals surface area contributed by atoms with Crippen LogP contribution in [0, 0.1) is 5.92 Å². The van der Waals surface area contributed by atoms with E-state index < -0.39 is 0 Å². The summed E-state index contributed by atoms with van der Waals surface area (Å²) < 4.78 is 10.3. The third-order valence-corrected chi connectivity index (χ3v) is 3.95. The lowest BCUT2D eigenvalue weighted by atomic mass is 9.98. The molecule has 1 aliphatic rings. The van der Waals surface area contributed by atoms with Gasteiger partial charge in [-0.05, 0) is 19.3 Å². The van der Waals surface area contributed by atoms with Gasteiger partial charge in [0.1, 0.15) is 0 Å². The van der Waals surface area contributed by atoms with Crippen LogP contribution in [-0.4, -0.2) is 36.8 Å². The lowest BCUT2D eigenvalue weighted by Gasteiger charge is -2.29. The fraction of sp³-hybridized carbons (Fsp3) is 0.692. The zero-order valence-electron chi connectivity index (χ0n) is 11.3. The van der Waals surface area contributed by atoms with Crippen LogP contribution in [0.4, 0.5) is 5.13 Å². The molecule has 1 aromatic rings. The molecule has 5 nitrogen and oxygen atoms in total. The normalized spacial score (nSPS) is 23.1. The van der Waals surface area contributed by atoms with Gasteiger partial charge in [-0.3, -0.25) is 4.79 Å². The molecular formula is C13H20N2O3S. The van der Waals surface area contributed by atoms with Gasteiger partial charge in [-0.2, -0.15) is 0 Å². The van der Waals surface area contributed by atoms with E-state index in [-0.39, 0.29) is 12.4 Å². The number of carbonyl (C=O) groups excluding carboxylic acids is 1. The fourth-order valence-corrected chi connectivity index (χ4v) is 2.84. The highest BCUT2D eigenvalue weighted by molar-refractivity contribution is 7.13. The van der Waals surface area contributed by atoms with E-state index >= 15 is 0 Å². The third-order valence-electron chi connectivity index (χ3n) is 3.13. The molecule has 19 heavy (non-hydrogen) atoms. The Morgan fingerprint density at radius 1 is 1.68 bits per heavy atom. The molecule has 2 atom stereocenters. The number of aromatic nitrogens is 1. The Hall–Kier alpha value is -1.14. The number of rotatable bonds is 5. The first-order valence-corrected chi connectivity index (χ1v) is 7.51. The average molecular weight is 284 g/mol. The molecule has 0 aliphatic carbocycles. The molecule has 0 amide bonds. The number of hydrogen-bond acceptors (Lipinski definition) is 6. The van der Waals surface area contributed by atoms with Crippen LogP contribution in [0.2, 0.25) is 0 Å². The molecule has 6 heteroatoms. The van der Waals surface area contributed by atoms with E-state index in [2.05, 4.69) is 17.2 Å². The molecule has 0 bridgehead atoms. The van der Waals surface area contributed by atoms with Crippen molar-refractivity contribution in [1.29, 1.82) is 0 Å². The van der Waals surface area contributed by atoms with Crippen LogP contribution < -0.4 is 5.32 Å². The number of nitrogens with one attached hydrogen (secondary N) is 1. The molecule has 0 radical (unpaired) electrons. The van der Waals surface area contributed by atoms with Crippen molar-refractivity contribution in [2.45, 2.75) is 32.7 Å². The number of thiazole rings is 1. The molecule has 0 aromatic carbocycles. The number of hydrogen-bond donors (Lipinski definition) is 1. The van der Waals surface area contributed by atoms with Gasteiger partial charge < -0.3 is 14.8 Å². The number of nitrogens with zero attached hydrogens (tertiary/aromatic N) is 1. The Labute approximate surface area is 117 Å². The minimum absolute atomic E-state index is 0.223. The Balaban J connectivity index is 1.88. The summed E-state index contributed by atoms with van der Waals surface area (Å²) >= 11 is 1.53. The molecule has 1 aromatic heterocycles. The van der Waals surface area contributed by atoms with E-state index in [1.54, 1.807) is 6.92 Å². The highest BCUT2D eigenvalue weighted by atomic mass is 32.1. The summed E-state index contributed by atoms with van der Waals surface area (Å²) in [7, 11) is 0. The quantitative estimate of drug-likeness (QED) is 0.839. The van der Waals surface area contributed by atoms with Crippen molar-refractivity contribution in [3.63, 3.8) is 0 Å². The SMILES string of the molecule is CCOC(=O)Cc1csc(NC2CCOCC2C)n1. The Morgan fingerprint density at radius 3 is 3.26 bits per heavy atom. The lowest BCUT2D eigenvalue weighted by molar-refractivity contribution is -0.142. The zero-order chi connectivity index (χ0) is 13.7. The second-order valence-electron chi connectivity index (χ2n) is 4.72. The van der Waals surface area contributed by atoms with Gasteiger partial charge in [0, 0.05) is 18.0 Å². The molecule has 1 N–H and O–H groups in total. The van der Waals surface area contributed by atoms with E-state index in [1.807, 2.05) is 5.38 Å². The summed E-state index contributed by atoms with van der Waals surface area (Å²) in [6, 6.07) is 0.398. The van der Waals surface area contributed by atoms with E-state index in [0.29, 0.717) is 18.6 Å².